The van der Waals surface area contributed by atoms with Gasteiger partial charge in [0.05, 0.1) is 11.9 Å². The maximum Gasteiger partial charge on any atom is 0.244 e. The number of anilines is 1. The molecule has 2 aromatic rings. The third-order valence-electron chi connectivity index (χ3n) is 5.17. The zero-order valence-electron chi connectivity index (χ0n) is 19.6. The van der Waals surface area contributed by atoms with Gasteiger partial charge in [0.1, 0.15) is 12.6 Å². The number of carbonyl (C=O) groups excluding carboxylic acids is 2. The molecule has 32 heavy (non-hydrogen) atoms. The minimum absolute atomic E-state index is 0.0832. The normalized spacial score (nSPS) is 12.3. The number of aryl methyl sites for hydroxylation is 2. The lowest BCUT2D eigenvalue weighted by Crippen LogP contribution is -2.52. The van der Waals surface area contributed by atoms with E-state index in [1.54, 1.807) is 25.1 Å². The lowest BCUT2D eigenvalue weighted by Gasteiger charge is -2.32. The molecule has 0 bridgehead atoms. The topological polar surface area (TPSA) is 86.8 Å². The van der Waals surface area contributed by atoms with Gasteiger partial charge >= 0.3 is 0 Å². The van der Waals surface area contributed by atoms with E-state index < -0.39 is 28.5 Å². The van der Waals surface area contributed by atoms with Gasteiger partial charge in [-0.2, -0.15) is 0 Å². The van der Waals surface area contributed by atoms with Crippen molar-refractivity contribution in [3.8, 4) is 0 Å². The van der Waals surface area contributed by atoms with Crippen LogP contribution in [-0.2, 0) is 26.2 Å². The lowest BCUT2D eigenvalue weighted by atomic mass is 10.1. The van der Waals surface area contributed by atoms with Crippen LogP contribution in [0, 0.1) is 13.8 Å². The van der Waals surface area contributed by atoms with Gasteiger partial charge in [0.2, 0.25) is 21.8 Å². The SMILES string of the molecule is Cc1cccc(N(CC(=O)N(Cc2ccccc2C)C(C)C(=O)NC(C)C)S(C)(=O)=O)c1. The third kappa shape index (κ3) is 6.82. The largest absolute Gasteiger partial charge is 0.352 e. The van der Waals surface area contributed by atoms with Gasteiger partial charge in [0, 0.05) is 12.6 Å². The van der Waals surface area contributed by atoms with Crippen LogP contribution >= 0.6 is 0 Å². The van der Waals surface area contributed by atoms with Gasteiger partial charge in [-0.25, -0.2) is 8.42 Å². The zero-order valence-corrected chi connectivity index (χ0v) is 20.4. The van der Waals surface area contributed by atoms with Crippen molar-refractivity contribution in [3.63, 3.8) is 0 Å². The molecule has 2 aromatic carbocycles. The molecule has 174 valence electrons. The molecule has 2 rings (SSSR count). The Labute approximate surface area is 191 Å². The van der Waals surface area contributed by atoms with Crippen molar-refractivity contribution in [2.75, 3.05) is 17.1 Å². The van der Waals surface area contributed by atoms with Crippen molar-refractivity contribution in [2.24, 2.45) is 0 Å². The molecule has 0 aliphatic heterocycles. The molecule has 0 aromatic heterocycles. The molecule has 0 fully saturated rings. The first-order chi connectivity index (χ1) is 14.9. The van der Waals surface area contributed by atoms with Crippen LogP contribution in [-0.4, -0.2) is 50.0 Å². The number of nitrogens with one attached hydrogen (secondary N) is 1. The summed E-state index contributed by atoms with van der Waals surface area (Å²) < 4.78 is 26.2. The van der Waals surface area contributed by atoms with Crippen molar-refractivity contribution in [1.82, 2.24) is 10.2 Å². The van der Waals surface area contributed by atoms with Gasteiger partial charge in [-0.05, 0) is 63.4 Å². The summed E-state index contributed by atoms with van der Waals surface area (Å²) in [6.45, 7) is 8.95. The number of sulfonamides is 1. The molecule has 0 aliphatic rings. The Morgan fingerprint density at radius 1 is 1.00 bits per heavy atom. The summed E-state index contributed by atoms with van der Waals surface area (Å²) in [4.78, 5) is 27.6. The van der Waals surface area contributed by atoms with Crippen LogP contribution in [0.25, 0.3) is 0 Å². The van der Waals surface area contributed by atoms with Crippen LogP contribution in [0.15, 0.2) is 48.5 Å². The number of amides is 2. The second-order valence-corrected chi connectivity index (χ2v) is 10.3. The number of carbonyl (C=O) groups is 2. The van der Waals surface area contributed by atoms with E-state index in [1.807, 2.05) is 58.0 Å². The molecular weight excluding hydrogens is 426 g/mol. The molecule has 2 amide bonds. The molecule has 1 unspecified atom stereocenters. The molecular formula is C24H33N3O4S. The van der Waals surface area contributed by atoms with Crippen LogP contribution in [0.5, 0.6) is 0 Å². The highest BCUT2D eigenvalue weighted by atomic mass is 32.2. The lowest BCUT2D eigenvalue weighted by molar-refractivity contribution is -0.139. The highest BCUT2D eigenvalue weighted by Crippen LogP contribution is 2.20. The molecule has 0 saturated heterocycles. The second-order valence-electron chi connectivity index (χ2n) is 8.40. The predicted molar refractivity (Wildman–Crippen MR) is 128 cm³/mol. The van der Waals surface area contributed by atoms with Crippen LogP contribution in [0.1, 0.15) is 37.5 Å². The first-order valence-electron chi connectivity index (χ1n) is 10.6. The van der Waals surface area contributed by atoms with E-state index in [-0.39, 0.29) is 18.5 Å². The Kier molecular flexibility index (Phi) is 8.44. The van der Waals surface area contributed by atoms with Crippen molar-refractivity contribution >= 4 is 27.5 Å². The number of hydrogen-bond acceptors (Lipinski definition) is 4. The summed E-state index contributed by atoms with van der Waals surface area (Å²) >= 11 is 0. The minimum Gasteiger partial charge on any atom is -0.352 e. The van der Waals surface area contributed by atoms with E-state index in [1.165, 1.54) is 4.90 Å². The van der Waals surface area contributed by atoms with Crippen LogP contribution < -0.4 is 9.62 Å². The maximum atomic E-state index is 13.4. The van der Waals surface area contributed by atoms with Gasteiger partial charge in [-0.1, -0.05) is 36.4 Å². The van der Waals surface area contributed by atoms with E-state index in [0.717, 1.165) is 27.3 Å². The van der Waals surface area contributed by atoms with Crippen molar-refractivity contribution < 1.29 is 18.0 Å². The quantitative estimate of drug-likeness (QED) is 0.625. The third-order valence-corrected chi connectivity index (χ3v) is 6.31. The fourth-order valence-electron chi connectivity index (χ4n) is 3.36. The van der Waals surface area contributed by atoms with E-state index in [4.69, 9.17) is 0 Å². The Hall–Kier alpha value is -2.87. The van der Waals surface area contributed by atoms with E-state index in [9.17, 15) is 18.0 Å². The van der Waals surface area contributed by atoms with Gasteiger partial charge in [0.15, 0.2) is 0 Å². The summed E-state index contributed by atoms with van der Waals surface area (Å²) in [5, 5.41) is 2.84. The van der Waals surface area contributed by atoms with Gasteiger partial charge in [-0.15, -0.1) is 0 Å². The highest BCUT2D eigenvalue weighted by molar-refractivity contribution is 7.92. The Bertz CT molecular complexity index is 1070. The van der Waals surface area contributed by atoms with E-state index >= 15 is 0 Å². The summed E-state index contributed by atoms with van der Waals surface area (Å²) in [6, 6.07) is 13.7. The van der Waals surface area contributed by atoms with Crippen molar-refractivity contribution in [3.05, 3.63) is 65.2 Å². The average molecular weight is 460 g/mol. The molecule has 0 saturated carbocycles. The van der Waals surface area contributed by atoms with Gasteiger partial charge in [0.25, 0.3) is 0 Å². The summed E-state index contributed by atoms with van der Waals surface area (Å²) in [5.74, 6) is -0.741. The minimum atomic E-state index is -3.72. The fraction of sp³-hybridized carbons (Fsp3) is 0.417. The molecule has 0 radical (unpaired) electrons. The average Bonchev–Trinajstić information content (AvgIpc) is 2.69. The first kappa shape index (κ1) is 25.4. The summed E-state index contributed by atoms with van der Waals surface area (Å²) in [6.07, 6.45) is 1.07. The molecule has 1 N–H and O–H groups in total. The number of benzene rings is 2. The van der Waals surface area contributed by atoms with E-state index in [2.05, 4.69) is 5.32 Å². The van der Waals surface area contributed by atoms with Crippen LogP contribution in [0.2, 0.25) is 0 Å². The Balaban J connectivity index is 2.40. The summed E-state index contributed by atoms with van der Waals surface area (Å²) in [5.41, 5.74) is 3.17. The Morgan fingerprint density at radius 2 is 1.66 bits per heavy atom. The number of rotatable bonds is 9. The van der Waals surface area contributed by atoms with Crippen LogP contribution in [0.3, 0.4) is 0 Å². The van der Waals surface area contributed by atoms with Gasteiger partial charge in [-0.3, -0.25) is 13.9 Å². The van der Waals surface area contributed by atoms with Crippen LogP contribution in [0.4, 0.5) is 5.69 Å². The predicted octanol–water partition coefficient (Wildman–Crippen LogP) is 3.01. The molecule has 0 aliphatic carbocycles. The standard InChI is InChI=1S/C24H33N3O4S/c1-17(2)25-24(29)20(5)26(15-21-12-8-7-11-19(21)4)23(28)16-27(32(6,30)31)22-13-9-10-18(3)14-22/h7-14,17,20H,15-16H2,1-6H3,(H,25,29). The fourth-order valence-corrected chi connectivity index (χ4v) is 4.20. The Morgan fingerprint density at radius 3 is 2.22 bits per heavy atom. The second kappa shape index (κ2) is 10.6. The van der Waals surface area contributed by atoms with Crippen molar-refractivity contribution in [1.29, 1.82) is 0 Å². The highest BCUT2D eigenvalue weighted by Gasteiger charge is 2.30. The van der Waals surface area contributed by atoms with Crippen molar-refractivity contribution in [2.45, 2.75) is 53.2 Å². The molecule has 8 heteroatoms. The molecule has 1 atom stereocenters. The first-order valence-corrected chi connectivity index (χ1v) is 12.4. The zero-order chi connectivity index (χ0) is 24.1. The monoisotopic (exact) mass is 459 g/mol. The summed E-state index contributed by atoms with van der Waals surface area (Å²) in [7, 11) is -3.72. The number of hydrogen-bond donors (Lipinski definition) is 1. The maximum absolute atomic E-state index is 13.4. The molecule has 0 spiro atoms. The molecule has 7 nitrogen and oxygen atoms in total. The van der Waals surface area contributed by atoms with E-state index in [0.29, 0.717) is 5.69 Å². The molecule has 0 heterocycles. The van der Waals surface area contributed by atoms with Gasteiger partial charge < -0.3 is 10.2 Å². The smallest absolute Gasteiger partial charge is 0.244 e. The number of nitrogens with zero attached hydrogens (tertiary/aromatic N) is 2.